The van der Waals surface area contributed by atoms with Gasteiger partial charge in [-0.25, -0.2) is 0 Å². The van der Waals surface area contributed by atoms with Crippen LogP contribution >= 0.6 is 0 Å². The minimum atomic E-state index is -1.41. The maximum atomic E-state index is 11.0. The van der Waals surface area contributed by atoms with Gasteiger partial charge in [-0.2, -0.15) is 0 Å². The minimum Gasteiger partial charge on any atom is -0.488 e. The summed E-state index contributed by atoms with van der Waals surface area (Å²) in [6, 6.07) is 15.9. The van der Waals surface area contributed by atoms with E-state index in [9.17, 15) is 9.59 Å². The number of carboxylic acids is 2. The largest absolute Gasteiger partial charge is 0.488 e. The zero-order valence-corrected chi connectivity index (χ0v) is 13.7. The van der Waals surface area contributed by atoms with Gasteiger partial charge in [0.1, 0.15) is 17.9 Å². The van der Waals surface area contributed by atoms with Gasteiger partial charge in [0, 0.05) is 0 Å². The third-order valence-electron chi connectivity index (χ3n) is 3.82. The zero-order chi connectivity index (χ0) is 18.2. The number of hydrogen-bond donors (Lipinski definition) is 3. The Morgan fingerprint density at radius 1 is 0.920 bits per heavy atom. The molecule has 0 aliphatic heterocycles. The maximum Gasteiger partial charge on any atom is 0.324 e. The molecule has 2 unspecified atom stereocenters. The molecule has 0 fully saturated rings. The molecule has 25 heavy (non-hydrogen) atoms. The summed E-state index contributed by atoms with van der Waals surface area (Å²) in [6.07, 6.45) is 0.151. The fourth-order valence-electron chi connectivity index (χ4n) is 2.42. The molecule has 0 spiro atoms. The summed E-state index contributed by atoms with van der Waals surface area (Å²) in [5, 5.41) is 17.9. The molecule has 2 aromatic carbocycles. The molecule has 0 aliphatic rings. The number of aryl methyl sites for hydroxylation is 2. The van der Waals surface area contributed by atoms with Crippen LogP contribution in [0.15, 0.2) is 54.6 Å². The van der Waals surface area contributed by atoms with Crippen molar-refractivity contribution in [2.75, 3.05) is 0 Å². The van der Waals surface area contributed by atoms with Crippen molar-refractivity contribution < 1.29 is 24.5 Å². The van der Waals surface area contributed by atoms with E-state index in [1.165, 1.54) is 5.56 Å². The van der Waals surface area contributed by atoms with Crippen LogP contribution in [-0.2, 0) is 22.4 Å². The van der Waals surface area contributed by atoms with E-state index in [0.29, 0.717) is 5.75 Å². The minimum absolute atomic E-state index is 0.395. The lowest BCUT2D eigenvalue weighted by Crippen LogP contribution is -2.46. The Kier molecular flexibility index (Phi) is 6.54. The van der Waals surface area contributed by atoms with Gasteiger partial charge in [0.25, 0.3) is 0 Å². The molecule has 0 saturated heterocycles. The van der Waals surface area contributed by atoms with Gasteiger partial charge < -0.3 is 20.7 Å². The van der Waals surface area contributed by atoms with Crippen molar-refractivity contribution in [2.24, 2.45) is 5.73 Å². The Hall–Kier alpha value is -2.86. The second-order valence-corrected chi connectivity index (χ2v) is 5.75. The Labute approximate surface area is 145 Å². The quantitative estimate of drug-likeness (QED) is 0.643. The van der Waals surface area contributed by atoms with Gasteiger partial charge in [-0.1, -0.05) is 42.5 Å². The first-order valence-electron chi connectivity index (χ1n) is 7.95. The fourth-order valence-corrected chi connectivity index (χ4v) is 2.42. The lowest BCUT2D eigenvalue weighted by Gasteiger charge is -2.21. The predicted octanol–water partition coefficient (Wildman–Crippen LogP) is 2.11. The topological polar surface area (TPSA) is 110 Å². The van der Waals surface area contributed by atoms with E-state index in [-0.39, 0.29) is 0 Å². The van der Waals surface area contributed by atoms with Crippen LogP contribution in [0.2, 0.25) is 0 Å². The van der Waals surface area contributed by atoms with Crippen molar-refractivity contribution >= 4 is 11.9 Å². The zero-order valence-electron chi connectivity index (χ0n) is 13.7. The number of rotatable bonds is 9. The van der Waals surface area contributed by atoms with Crippen molar-refractivity contribution in [1.29, 1.82) is 0 Å². The number of carbonyl (C=O) groups is 2. The maximum absolute atomic E-state index is 11.0. The molecule has 2 rings (SSSR count). The highest BCUT2D eigenvalue weighted by Crippen LogP contribution is 2.17. The summed E-state index contributed by atoms with van der Waals surface area (Å²) >= 11 is 0. The molecule has 132 valence electrons. The third kappa shape index (κ3) is 5.93. The Morgan fingerprint density at radius 3 is 2.00 bits per heavy atom. The average Bonchev–Trinajstić information content (AvgIpc) is 2.60. The van der Waals surface area contributed by atoms with Crippen LogP contribution in [0.5, 0.6) is 5.75 Å². The van der Waals surface area contributed by atoms with Crippen molar-refractivity contribution in [1.82, 2.24) is 0 Å². The van der Waals surface area contributed by atoms with Crippen LogP contribution in [0.25, 0.3) is 0 Å². The monoisotopic (exact) mass is 343 g/mol. The highest BCUT2D eigenvalue weighted by atomic mass is 16.5. The van der Waals surface area contributed by atoms with Gasteiger partial charge in [0.05, 0.1) is 6.42 Å². The molecule has 0 aromatic heterocycles. The van der Waals surface area contributed by atoms with Gasteiger partial charge in [-0.05, 0) is 36.1 Å². The van der Waals surface area contributed by atoms with E-state index < -0.39 is 30.5 Å². The molecule has 0 heterocycles. The SMILES string of the molecule is NC(C(=O)O)C(CC(=O)O)Oc1ccc(CCc2ccccc2)cc1. The molecule has 6 nitrogen and oxygen atoms in total. The molecule has 0 saturated carbocycles. The lowest BCUT2D eigenvalue weighted by atomic mass is 10.0. The van der Waals surface area contributed by atoms with E-state index in [1.807, 2.05) is 30.3 Å². The summed E-state index contributed by atoms with van der Waals surface area (Å²) < 4.78 is 5.48. The van der Waals surface area contributed by atoms with Crippen LogP contribution in [0, 0.1) is 0 Å². The third-order valence-corrected chi connectivity index (χ3v) is 3.82. The molecular weight excluding hydrogens is 322 g/mol. The standard InChI is InChI=1S/C19H21NO5/c20-18(19(23)24)16(12-17(21)22)25-15-10-8-14(9-11-15)7-6-13-4-2-1-3-5-13/h1-5,8-11,16,18H,6-7,12,20H2,(H,21,22)(H,23,24). The van der Waals surface area contributed by atoms with E-state index in [0.717, 1.165) is 18.4 Å². The second-order valence-electron chi connectivity index (χ2n) is 5.75. The van der Waals surface area contributed by atoms with Crippen LogP contribution in [0.4, 0.5) is 0 Å². The summed E-state index contributed by atoms with van der Waals surface area (Å²) in [5.41, 5.74) is 7.86. The Bertz CT molecular complexity index is 700. The number of aliphatic carboxylic acids is 2. The number of hydrogen-bond acceptors (Lipinski definition) is 4. The molecule has 2 atom stereocenters. The fraction of sp³-hybridized carbons (Fsp3) is 0.263. The Balaban J connectivity index is 1.97. The van der Waals surface area contributed by atoms with Crippen molar-refractivity contribution in [2.45, 2.75) is 31.4 Å². The van der Waals surface area contributed by atoms with Crippen molar-refractivity contribution in [3.8, 4) is 5.75 Å². The van der Waals surface area contributed by atoms with E-state index in [2.05, 4.69) is 12.1 Å². The predicted molar refractivity (Wildman–Crippen MR) is 92.6 cm³/mol. The first-order valence-corrected chi connectivity index (χ1v) is 7.95. The smallest absolute Gasteiger partial charge is 0.324 e. The molecule has 0 bridgehead atoms. The molecule has 4 N–H and O–H groups in total. The molecular formula is C19H21NO5. The molecule has 0 aliphatic carbocycles. The molecule has 2 aromatic rings. The summed E-state index contributed by atoms with van der Waals surface area (Å²) in [6.45, 7) is 0. The normalized spacial score (nSPS) is 13.0. The lowest BCUT2D eigenvalue weighted by molar-refractivity contribution is -0.143. The Morgan fingerprint density at radius 2 is 1.48 bits per heavy atom. The molecule has 0 amide bonds. The van der Waals surface area contributed by atoms with Crippen LogP contribution < -0.4 is 10.5 Å². The van der Waals surface area contributed by atoms with Crippen molar-refractivity contribution in [3.05, 3.63) is 65.7 Å². The van der Waals surface area contributed by atoms with Gasteiger partial charge in [0.2, 0.25) is 0 Å². The highest BCUT2D eigenvalue weighted by Gasteiger charge is 2.28. The van der Waals surface area contributed by atoms with Gasteiger partial charge >= 0.3 is 11.9 Å². The van der Waals surface area contributed by atoms with Gasteiger partial charge in [0.15, 0.2) is 0 Å². The van der Waals surface area contributed by atoms with E-state index >= 15 is 0 Å². The van der Waals surface area contributed by atoms with Gasteiger partial charge in [-0.3, -0.25) is 9.59 Å². The van der Waals surface area contributed by atoms with Crippen LogP contribution in [0.1, 0.15) is 17.5 Å². The van der Waals surface area contributed by atoms with E-state index in [1.54, 1.807) is 12.1 Å². The number of ether oxygens (including phenoxy) is 1. The second kappa shape index (κ2) is 8.84. The molecule has 0 radical (unpaired) electrons. The first kappa shape index (κ1) is 18.5. The van der Waals surface area contributed by atoms with Crippen molar-refractivity contribution in [3.63, 3.8) is 0 Å². The van der Waals surface area contributed by atoms with E-state index in [4.69, 9.17) is 20.7 Å². The first-order chi connectivity index (χ1) is 12.0. The highest BCUT2D eigenvalue weighted by molar-refractivity contribution is 5.76. The van der Waals surface area contributed by atoms with Crippen LogP contribution in [0.3, 0.4) is 0 Å². The number of benzene rings is 2. The summed E-state index contributed by atoms with van der Waals surface area (Å²) in [7, 11) is 0. The number of carboxylic acid groups (broad SMARTS) is 2. The summed E-state index contributed by atoms with van der Waals surface area (Å²) in [5.74, 6) is -2.07. The van der Waals surface area contributed by atoms with Gasteiger partial charge in [-0.15, -0.1) is 0 Å². The summed E-state index contributed by atoms with van der Waals surface area (Å²) in [4.78, 5) is 21.9. The molecule has 6 heteroatoms. The number of nitrogens with two attached hydrogens (primary N) is 1. The van der Waals surface area contributed by atoms with Crippen LogP contribution in [-0.4, -0.2) is 34.3 Å². The average molecular weight is 343 g/mol.